The van der Waals surface area contributed by atoms with E-state index in [-0.39, 0.29) is 35.2 Å². The first-order valence-electron chi connectivity index (χ1n) is 12.8. The number of amides is 1. The van der Waals surface area contributed by atoms with Crippen molar-refractivity contribution in [2.45, 2.75) is 32.5 Å². The van der Waals surface area contributed by atoms with Crippen LogP contribution in [0.3, 0.4) is 0 Å². The van der Waals surface area contributed by atoms with Crippen molar-refractivity contribution in [1.82, 2.24) is 44.4 Å². The highest BCUT2D eigenvalue weighted by molar-refractivity contribution is 6.43. The highest BCUT2D eigenvalue weighted by Crippen LogP contribution is 2.31. The Labute approximate surface area is 249 Å². The van der Waals surface area contributed by atoms with Crippen molar-refractivity contribution in [2.75, 3.05) is 13.1 Å². The fourth-order valence-corrected chi connectivity index (χ4v) is 5.71. The number of aromatic amines is 1. The maximum atomic E-state index is 13.4. The van der Waals surface area contributed by atoms with E-state index in [1.807, 2.05) is 44.2 Å². The standard InChI is InChI=1S/C27H24Cl3N9O2/c1-15-11-36(26(41)25-32-27-31-22(10-24(40)39(27)34-25)17-6-4-3-5-7-17)12-16(2)37(15)13-18-14-38(35-33-18)23-9-20(29)19(28)8-21(23)30/h3-10,14-16H,11-13H2,1-2H3,(H,31,32,34)/t15-,16+. The van der Waals surface area contributed by atoms with Crippen LogP contribution in [0.15, 0.2) is 59.5 Å². The molecule has 5 aromatic rings. The fraction of sp³-hybridized carbons (Fsp3) is 0.259. The Hall–Kier alpha value is -3.77. The molecule has 2 atom stereocenters. The van der Waals surface area contributed by atoms with E-state index in [2.05, 4.69) is 30.3 Å². The van der Waals surface area contributed by atoms with Crippen LogP contribution in [0.4, 0.5) is 0 Å². The van der Waals surface area contributed by atoms with Gasteiger partial charge in [-0.1, -0.05) is 70.3 Å². The maximum absolute atomic E-state index is 13.4. The van der Waals surface area contributed by atoms with Crippen molar-refractivity contribution >= 4 is 46.5 Å². The second-order valence-electron chi connectivity index (χ2n) is 10.0. The first kappa shape index (κ1) is 27.4. The van der Waals surface area contributed by atoms with Crippen molar-refractivity contribution in [3.63, 3.8) is 0 Å². The highest BCUT2D eigenvalue weighted by Gasteiger charge is 2.34. The second kappa shape index (κ2) is 10.9. The Bertz CT molecular complexity index is 1810. The lowest BCUT2D eigenvalue weighted by Crippen LogP contribution is -2.57. The van der Waals surface area contributed by atoms with Crippen LogP contribution in [-0.2, 0) is 6.54 Å². The van der Waals surface area contributed by atoms with Gasteiger partial charge in [-0.05, 0) is 26.0 Å². The van der Waals surface area contributed by atoms with Gasteiger partial charge in [0.05, 0.1) is 38.3 Å². The lowest BCUT2D eigenvalue weighted by molar-refractivity contribution is 0.0256. The minimum atomic E-state index is -0.345. The van der Waals surface area contributed by atoms with Crippen LogP contribution in [-0.4, -0.2) is 75.5 Å². The molecule has 1 aliphatic rings. The van der Waals surface area contributed by atoms with Gasteiger partial charge in [0.25, 0.3) is 17.2 Å². The average molecular weight is 613 g/mol. The molecular weight excluding hydrogens is 589 g/mol. The van der Waals surface area contributed by atoms with Crippen molar-refractivity contribution in [3.8, 4) is 16.9 Å². The molecule has 11 nitrogen and oxygen atoms in total. The predicted molar refractivity (Wildman–Crippen MR) is 156 cm³/mol. The van der Waals surface area contributed by atoms with Crippen molar-refractivity contribution < 1.29 is 4.79 Å². The zero-order valence-electron chi connectivity index (χ0n) is 22.0. The van der Waals surface area contributed by atoms with Gasteiger partial charge in [0.15, 0.2) is 0 Å². The van der Waals surface area contributed by atoms with Gasteiger partial charge in [-0.3, -0.25) is 19.6 Å². The number of carbonyl (C=O) groups excluding carboxylic acids is 1. The number of H-pyrrole nitrogens is 1. The first-order valence-corrected chi connectivity index (χ1v) is 14.0. The van der Waals surface area contributed by atoms with Gasteiger partial charge in [-0.25, -0.2) is 9.67 Å². The minimum Gasteiger partial charge on any atom is -0.333 e. The molecule has 3 aromatic heterocycles. The smallest absolute Gasteiger partial charge is 0.291 e. The third-order valence-corrected chi connectivity index (χ3v) is 8.14. The van der Waals surface area contributed by atoms with Crippen LogP contribution < -0.4 is 5.56 Å². The van der Waals surface area contributed by atoms with Gasteiger partial charge in [0.1, 0.15) is 0 Å². The quantitative estimate of drug-likeness (QED) is 0.293. The molecule has 0 bridgehead atoms. The summed E-state index contributed by atoms with van der Waals surface area (Å²) in [6, 6.07) is 14.0. The van der Waals surface area contributed by atoms with Gasteiger partial charge in [-0.15, -0.1) is 5.10 Å². The number of nitrogens with zero attached hydrogens (tertiary/aromatic N) is 8. The third kappa shape index (κ3) is 5.33. The third-order valence-electron chi connectivity index (χ3n) is 7.11. The molecule has 2 aromatic carbocycles. The number of hydrogen-bond acceptors (Lipinski definition) is 7. The Morgan fingerprint density at radius 2 is 1.68 bits per heavy atom. The highest BCUT2D eigenvalue weighted by atomic mass is 35.5. The van der Waals surface area contributed by atoms with Crippen LogP contribution in [0.25, 0.3) is 22.7 Å². The molecule has 0 saturated carbocycles. The number of fused-ring (bicyclic) bond motifs is 1. The van der Waals surface area contributed by atoms with Gasteiger partial charge < -0.3 is 4.90 Å². The number of piperazine rings is 1. The molecule has 41 heavy (non-hydrogen) atoms. The summed E-state index contributed by atoms with van der Waals surface area (Å²) in [5.74, 6) is -0.0894. The molecule has 0 unspecified atom stereocenters. The zero-order valence-corrected chi connectivity index (χ0v) is 24.3. The Morgan fingerprint density at radius 1 is 0.976 bits per heavy atom. The summed E-state index contributed by atoms with van der Waals surface area (Å²) < 4.78 is 2.75. The molecule has 1 aliphatic heterocycles. The predicted octanol–water partition coefficient (Wildman–Crippen LogP) is 4.36. The molecular formula is C27H24Cl3N9O2. The molecule has 1 amide bonds. The van der Waals surface area contributed by atoms with Gasteiger partial charge in [0.2, 0.25) is 5.82 Å². The lowest BCUT2D eigenvalue weighted by Gasteiger charge is -2.43. The molecule has 6 rings (SSSR count). The molecule has 1 saturated heterocycles. The number of rotatable bonds is 5. The number of benzene rings is 2. The second-order valence-corrected chi connectivity index (χ2v) is 11.2. The van der Waals surface area contributed by atoms with Crippen LogP contribution in [0.5, 0.6) is 0 Å². The summed E-state index contributed by atoms with van der Waals surface area (Å²) in [7, 11) is 0. The first-order chi connectivity index (χ1) is 19.7. The average Bonchev–Trinajstić information content (AvgIpc) is 3.60. The van der Waals surface area contributed by atoms with Gasteiger partial charge in [-0.2, -0.15) is 9.50 Å². The number of aromatic nitrogens is 7. The molecule has 0 spiro atoms. The minimum absolute atomic E-state index is 0.0105. The summed E-state index contributed by atoms with van der Waals surface area (Å²) in [6.45, 7) is 5.55. The van der Waals surface area contributed by atoms with E-state index in [0.29, 0.717) is 46.1 Å². The molecule has 0 radical (unpaired) electrons. The molecule has 1 fully saturated rings. The van der Waals surface area contributed by atoms with E-state index in [9.17, 15) is 9.59 Å². The lowest BCUT2D eigenvalue weighted by atomic mass is 10.1. The molecule has 0 aliphatic carbocycles. The van der Waals surface area contributed by atoms with Crippen molar-refractivity contribution in [1.29, 1.82) is 0 Å². The SMILES string of the molecule is C[C@@H]1CN(C(=O)c2nc3nc(-c4ccccc4)cc(=O)n3[nH]2)C[C@H](C)N1Cc1cn(-c2cc(Cl)c(Cl)cc2Cl)nn1. The van der Waals surface area contributed by atoms with Crippen LogP contribution in [0, 0.1) is 0 Å². The van der Waals surface area contributed by atoms with E-state index in [4.69, 9.17) is 34.8 Å². The summed E-state index contributed by atoms with van der Waals surface area (Å²) in [4.78, 5) is 39.0. The number of nitrogens with one attached hydrogen (secondary N) is 1. The molecule has 14 heteroatoms. The summed E-state index contributed by atoms with van der Waals surface area (Å²) in [5, 5.41) is 12.5. The summed E-state index contributed by atoms with van der Waals surface area (Å²) in [6.07, 6.45) is 1.80. The molecule has 210 valence electrons. The normalized spacial score (nSPS) is 17.8. The molecule has 1 N–H and O–H groups in total. The number of hydrogen-bond donors (Lipinski definition) is 1. The van der Waals surface area contributed by atoms with Crippen LogP contribution in [0.2, 0.25) is 15.1 Å². The Morgan fingerprint density at radius 3 is 2.41 bits per heavy atom. The van der Waals surface area contributed by atoms with E-state index >= 15 is 0 Å². The Kier molecular flexibility index (Phi) is 7.28. The van der Waals surface area contributed by atoms with Crippen molar-refractivity contribution in [2.24, 2.45) is 0 Å². The zero-order chi connectivity index (χ0) is 28.8. The topological polar surface area (TPSA) is 117 Å². The van der Waals surface area contributed by atoms with E-state index in [1.54, 1.807) is 27.9 Å². The Balaban J connectivity index is 1.17. The van der Waals surface area contributed by atoms with Gasteiger partial charge >= 0.3 is 0 Å². The monoisotopic (exact) mass is 611 g/mol. The fourth-order valence-electron chi connectivity index (χ4n) is 5.08. The van der Waals surface area contributed by atoms with Crippen molar-refractivity contribution in [3.05, 3.63) is 91.7 Å². The number of carbonyl (C=O) groups is 1. The van der Waals surface area contributed by atoms with Crippen LogP contribution in [0.1, 0.15) is 30.2 Å². The molecule has 4 heterocycles. The maximum Gasteiger partial charge on any atom is 0.291 e. The summed E-state index contributed by atoms with van der Waals surface area (Å²) in [5.41, 5.74) is 2.26. The van der Waals surface area contributed by atoms with Crippen LogP contribution >= 0.6 is 34.8 Å². The van der Waals surface area contributed by atoms with E-state index in [0.717, 1.165) is 11.3 Å². The summed E-state index contributed by atoms with van der Waals surface area (Å²) >= 11 is 18.6. The largest absolute Gasteiger partial charge is 0.333 e. The van der Waals surface area contributed by atoms with Gasteiger partial charge in [0, 0.05) is 43.3 Å². The van der Waals surface area contributed by atoms with E-state index < -0.39 is 0 Å². The van der Waals surface area contributed by atoms with E-state index in [1.165, 1.54) is 10.6 Å². The number of halogens is 3.